The summed E-state index contributed by atoms with van der Waals surface area (Å²) in [6, 6.07) is 2.99. The van der Waals surface area contributed by atoms with Crippen molar-refractivity contribution in [1.29, 1.82) is 0 Å². The van der Waals surface area contributed by atoms with Gasteiger partial charge in [0.05, 0.1) is 5.02 Å². The Labute approximate surface area is 220 Å². The van der Waals surface area contributed by atoms with Crippen LogP contribution in [-0.2, 0) is 20.6 Å². The summed E-state index contributed by atoms with van der Waals surface area (Å²) in [6.07, 6.45) is -4.62. The van der Waals surface area contributed by atoms with E-state index in [9.17, 15) is 31.9 Å². The topological polar surface area (TPSA) is 115 Å². The van der Waals surface area contributed by atoms with Gasteiger partial charge in [-0.3, -0.25) is 14.5 Å². The number of carbonyl (C=O) groups is 3. The van der Waals surface area contributed by atoms with Crippen molar-refractivity contribution in [2.24, 2.45) is 0 Å². The number of alkyl halides is 3. The van der Waals surface area contributed by atoms with Crippen molar-refractivity contribution >= 4 is 35.3 Å². The lowest BCUT2D eigenvalue weighted by molar-refractivity contribution is -0.212. The predicted molar refractivity (Wildman–Crippen MR) is 127 cm³/mol. The number of nitrogens with zero attached hydrogens (tertiary/aromatic N) is 3. The molecule has 3 amide bonds. The second kappa shape index (κ2) is 11.5. The Morgan fingerprint density at radius 1 is 1.16 bits per heavy atom. The van der Waals surface area contributed by atoms with Crippen LogP contribution in [0.25, 0.3) is 0 Å². The molecule has 3 rings (SSSR count). The Bertz CT molecular complexity index is 1180. The number of nitrogens with one attached hydrogen (secondary N) is 2. The number of ether oxygens (including phenoxy) is 2. The molecule has 2 heterocycles. The summed E-state index contributed by atoms with van der Waals surface area (Å²) in [5.41, 5.74) is -0.901. The number of piperidine rings is 1. The molecule has 1 aliphatic rings. The van der Waals surface area contributed by atoms with E-state index in [1.807, 2.05) is 0 Å². The molecule has 1 aromatic heterocycles. The molecule has 0 aliphatic carbocycles. The summed E-state index contributed by atoms with van der Waals surface area (Å²) in [5.74, 6) is -2.29. The summed E-state index contributed by atoms with van der Waals surface area (Å²) in [6.45, 7) is 4.32. The quantitative estimate of drug-likeness (QED) is 0.513. The van der Waals surface area contributed by atoms with Crippen LogP contribution in [0.15, 0.2) is 30.5 Å². The molecule has 1 saturated heterocycles. The van der Waals surface area contributed by atoms with Crippen molar-refractivity contribution in [3.63, 3.8) is 0 Å². The third kappa shape index (κ3) is 7.97. The number of carbonyl (C=O) groups excluding carboxylic acids is 3. The second-order valence-electron chi connectivity index (χ2n) is 9.46. The molecule has 208 valence electrons. The van der Waals surface area contributed by atoms with Gasteiger partial charge >= 0.3 is 12.4 Å². The van der Waals surface area contributed by atoms with E-state index in [4.69, 9.17) is 21.1 Å². The van der Waals surface area contributed by atoms with Crippen LogP contribution in [0.1, 0.15) is 33.6 Å². The molecule has 2 atom stereocenters. The van der Waals surface area contributed by atoms with Crippen molar-refractivity contribution in [2.75, 3.05) is 18.5 Å². The van der Waals surface area contributed by atoms with Crippen LogP contribution in [0.4, 0.5) is 28.2 Å². The highest BCUT2D eigenvalue weighted by atomic mass is 35.5. The zero-order chi connectivity index (χ0) is 28.3. The Balaban J connectivity index is 1.65. The van der Waals surface area contributed by atoms with Gasteiger partial charge in [0.15, 0.2) is 12.4 Å². The molecule has 2 aromatic rings. The second-order valence-corrected chi connectivity index (χ2v) is 9.86. The highest BCUT2D eigenvalue weighted by Gasteiger charge is 2.39. The van der Waals surface area contributed by atoms with Crippen LogP contribution in [0.2, 0.25) is 5.02 Å². The number of amides is 3. The normalized spacial score (nSPS) is 18.1. The zero-order valence-corrected chi connectivity index (χ0v) is 21.4. The first-order valence-electron chi connectivity index (χ1n) is 11.4. The van der Waals surface area contributed by atoms with E-state index in [1.165, 1.54) is 12.1 Å². The fourth-order valence-electron chi connectivity index (χ4n) is 3.61. The molecule has 15 heteroatoms. The van der Waals surface area contributed by atoms with E-state index in [1.54, 1.807) is 20.8 Å². The van der Waals surface area contributed by atoms with Gasteiger partial charge in [0, 0.05) is 30.9 Å². The summed E-state index contributed by atoms with van der Waals surface area (Å²) in [5, 5.41) is 8.15. The average Bonchev–Trinajstić information content (AvgIpc) is 3.28. The van der Waals surface area contributed by atoms with Gasteiger partial charge in [-0.05, 0) is 45.7 Å². The van der Waals surface area contributed by atoms with Gasteiger partial charge in [-0.1, -0.05) is 11.6 Å². The minimum atomic E-state index is -4.76. The molecular formula is C23H26ClF4N5O5. The average molecular weight is 564 g/mol. The van der Waals surface area contributed by atoms with E-state index < -0.39 is 54.3 Å². The number of hydrogen-bond acceptors (Lipinski definition) is 6. The molecule has 0 radical (unpaired) electrons. The smallest absolute Gasteiger partial charge is 0.484 e. The number of hydrogen-bond donors (Lipinski definition) is 2. The predicted octanol–water partition coefficient (Wildman–Crippen LogP) is 4.05. The minimum Gasteiger partial charge on any atom is -0.484 e. The van der Waals surface area contributed by atoms with Crippen molar-refractivity contribution in [3.8, 4) is 5.75 Å². The molecule has 0 spiro atoms. The van der Waals surface area contributed by atoms with Crippen molar-refractivity contribution in [1.82, 2.24) is 20.0 Å². The highest BCUT2D eigenvalue weighted by Crippen LogP contribution is 2.25. The van der Waals surface area contributed by atoms with Crippen LogP contribution in [0.5, 0.6) is 5.75 Å². The van der Waals surface area contributed by atoms with Gasteiger partial charge in [0.1, 0.15) is 23.2 Å². The number of benzene rings is 1. The van der Waals surface area contributed by atoms with Gasteiger partial charge in [0.2, 0.25) is 5.91 Å². The first-order chi connectivity index (χ1) is 17.6. The maximum atomic E-state index is 13.6. The summed E-state index contributed by atoms with van der Waals surface area (Å²) < 4.78 is 62.4. The largest absolute Gasteiger partial charge is 0.504 e. The monoisotopic (exact) mass is 563 g/mol. The van der Waals surface area contributed by atoms with Gasteiger partial charge in [0.25, 0.3) is 5.91 Å². The summed E-state index contributed by atoms with van der Waals surface area (Å²) in [7, 11) is 0. The Morgan fingerprint density at radius 2 is 1.87 bits per heavy atom. The van der Waals surface area contributed by atoms with Crippen molar-refractivity contribution < 1.29 is 41.4 Å². The number of aromatic nitrogens is 2. The fourth-order valence-corrected chi connectivity index (χ4v) is 3.73. The molecule has 1 aliphatic heterocycles. The van der Waals surface area contributed by atoms with Gasteiger partial charge in [-0.15, -0.1) is 18.3 Å². The third-order valence-electron chi connectivity index (χ3n) is 5.24. The number of halogens is 5. The minimum absolute atomic E-state index is 0.0687. The molecule has 10 nitrogen and oxygen atoms in total. The maximum absolute atomic E-state index is 13.6. The lowest BCUT2D eigenvalue weighted by Crippen LogP contribution is -2.58. The van der Waals surface area contributed by atoms with Crippen LogP contribution in [-0.4, -0.2) is 63.4 Å². The zero-order valence-electron chi connectivity index (χ0n) is 20.6. The molecule has 2 N–H and O–H groups in total. The van der Waals surface area contributed by atoms with Gasteiger partial charge < -0.3 is 20.1 Å². The molecule has 1 aromatic carbocycles. The van der Waals surface area contributed by atoms with E-state index in [0.29, 0.717) is 6.20 Å². The lowest BCUT2D eigenvalue weighted by Gasteiger charge is -2.39. The lowest BCUT2D eigenvalue weighted by atomic mass is 9.97. The third-order valence-corrected chi connectivity index (χ3v) is 5.55. The van der Waals surface area contributed by atoms with Crippen molar-refractivity contribution in [3.05, 3.63) is 41.3 Å². The molecule has 0 saturated carbocycles. The van der Waals surface area contributed by atoms with E-state index in [2.05, 4.69) is 15.7 Å². The standard InChI is InChI=1S/C23H26ClF4N5O5/c1-22(2,3)38-21(36)32-11-13(29-19(34)12-37-14-5-6-15(24)16(25)10-14)4-7-17(32)20(35)30-18-8-9-33(31-18)23(26,27)28/h5-6,8-10,13,17H,4,7,11-12H2,1-3H3,(H,29,34)(H,30,31,35)/t13?,17-/m0/s1. The first kappa shape index (κ1) is 29.0. The van der Waals surface area contributed by atoms with Crippen molar-refractivity contribution in [2.45, 2.75) is 57.6 Å². The van der Waals surface area contributed by atoms with Crippen LogP contribution in [0, 0.1) is 5.82 Å². The Morgan fingerprint density at radius 3 is 2.47 bits per heavy atom. The number of rotatable bonds is 6. The molecule has 1 fully saturated rings. The summed E-state index contributed by atoms with van der Waals surface area (Å²) >= 11 is 5.62. The Hall–Kier alpha value is -3.55. The van der Waals surface area contributed by atoms with Gasteiger partial charge in [-0.2, -0.15) is 4.68 Å². The van der Waals surface area contributed by atoms with Crippen LogP contribution < -0.4 is 15.4 Å². The first-order valence-corrected chi connectivity index (χ1v) is 11.8. The van der Waals surface area contributed by atoms with E-state index >= 15 is 0 Å². The van der Waals surface area contributed by atoms with E-state index in [0.717, 1.165) is 17.0 Å². The van der Waals surface area contributed by atoms with E-state index in [-0.39, 0.29) is 40.7 Å². The fraction of sp³-hybridized carbons (Fsp3) is 0.478. The summed E-state index contributed by atoms with van der Waals surface area (Å²) in [4.78, 5) is 39.3. The molecule has 1 unspecified atom stereocenters. The SMILES string of the molecule is CC(C)(C)OC(=O)N1CC(NC(=O)COc2ccc(Cl)c(F)c2)CC[C@H]1C(=O)Nc1ccn(C(F)(F)F)n1. The highest BCUT2D eigenvalue weighted by molar-refractivity contribution is 6.30. The van der Waals surface area contributed by atoms with Crippen LogP contribution >= 0.6 is 11.6 Å². The Kier molecular flexibility index (Phi) is 8.75. The van der Waals surface area contributed by atoms with Crippen LogP contribution in [0.3, 0.4) is 0 Å². The molecule has 0 bridgehead atoms. The molecular weight excluding hydrogens is 538 g/mol. The van der Waals surface area contributed by atoms with Gasteiger partial charge in [-0.25, -0.2) is 9.18 Å². The number of anilines is 1. The molecule has 38 heavy (non-hydrogen) atoms. The maximum Gasteiger partial charge on any atom is 0.504 e. The number of likely N-dealkylation sites (tertiary alicyclic amines) is 1.